The van der Waals surface area contributed by atoms with Gasteiger partial charge in [0.25, 0.3) is 5.91 Å². The van der Waals surface area contributed by atoms with Gasteiger partial charge in [0.1, 0.15) is 0 Å². The molecule has 1 amide bonds. The first-order valence-electron chi connectivity index (χ1n) is 6.93. The fourth-order valence-corrected chi connectivity index (χ4v) is 2.61. The van der Waals surface area contributed by atoms with E-state index < -0.39 is 0 Å². The summed E-state index contributed by atoms with van der Waals surface area (Å²) >= 11 is 0. The van der Waals surface area contributed by atoms with Gasteiger partial charge in [0.15, 0.2) is 0 Å². The minimum atomic E-state index is -0.0243. The van der Waals surface area contributed by atoms with Gasteiger partial charge in [-0.3, -0.25) is 4.79 Å². The molecule has 0 spiro atoms. The number of piperidine rings is 1. The van der Waals surface area contributed by atoms with Gasteiger partial charge in [-0.1, -0.05) is 12.5 Å². The van der Waals surface area contributed by atoms with Crippen LogP contribution in [0.3, 0.4) is 0 Å². The zero-order chi connectivity index (χ0) is 13.8. The van der Waals surface area contributed by atoms with Crippen LogP contribution < -0.4 is 11.1 Å². The van der Waals surface area contributed by atoms with Crippen molar-refractivity contribution in [1.82, 2.24) is 10.2 Å². The minimum absolute atomic E-state index is 0.0243. The smallest absolute Gasteiger partial charge is 0.251 e. The Labute approximate surface area is 115 Å². The lowest BCUT2D eigenvalue weighted by molar-refractivity contribution is 0.0928. The first kappa shape index (κ1) is 13.9. The third kappa shape index (κ3) is 3.26. The molecule has 19 heavy (non-hydrogen) atoms. The van der Waals surface area contributed by atoms with E-state index in [2.05, 4.69) is 17.3 Å². The highest BCUT2D eigenvalue weighted by Gasteiger charge is 2.20. The fourth-order valence-electron chi connectivity index (χ4n) is 2.61. The molecule has 1 aliphatic rings. The molecule has 0 aliphatic carbocycles. The number of rotatable bonds is 3. The Kier molecular flexibility index (Phi) is 4.43. The molecular weight excluding hydrogens is 238 g/mol. The van der Waals surface area contributed by atoms with Crippen LogP contribution >= 0.6 is 0 Å². The summed E-state index contributed by atoms with van der Waals surface area (Å²) in [6.45, 7) is 3.72. The maximum atomic E-state index is 12.2. The quantitative estimate of drug-likeness (QED) is 0.816. The van der Waals surface area contributed by atoms with Crippen molar-refractivity contribution in [3.63, 3.8) is 0 Å². The lowest BCUT2D eigenvalue weighted by Gasteiger charge is -2.32. The van der Waals surface area contributed by atoms with Gasteiger partial charge in [0.05, 0.1) is 0 Å². The molecule has 1 aliphatic heterocycles. The van der Waals surface area contributed by atoms with E-state index in [0.717, 1.165) is 18.5 Å². The molecule has 1 heterocycles. The number of benzene rings is 1. The van der Waals surface area contributed by atoms with E-state index in [0.29, 0.717) is 23.8 Å². The van der Waals surface area contributed by atoms with E-state index in [1.165, 1.54) is 12.8 Å². The maximum absolute atomic E-state index is 12.2. The van der Waals surface area contributed by atoms with Gasteiger partial charge in [-0.25, -0.2) is 0 Å². The molecule has 0 saturated carbocycles. The van der Waals surface area contributed by atoms with Crippen molar-refractivity contribution in [1.29, 1.82) is 0 Å². The molecule has 3 N–H and O–H groups in total. The Bertz CT molecular complexity index is 459. The van der Waals surface area contributed by atoms with Crippen LogP contribution in [0.4, 0.5) is 5.69 Å². The SMILES string of the molecule is Cc1c(N)cccc1C(=O)NCC1CCCCN1C. The summed E-state index contributed by atoms with van der Waals surface area (Å²) in [5, 5.41) is 3.03. The number of likely N-dealkylation sites (tertiary alicyclic amines) is 1. The van der Waals surface area contributed by atoms with Crippen molar-refractivity contribution in [2.24, 2.45) is 0 Å². The number of anilines is 1. The Morgan fingerprint density at radius 3 is 3.00 bits per heavy atom. The average molecular weight is 261 g/mol. The molecule has 0 bridgehead atoms. The van der Waals surface area contributed by atoms with E-state index in [1.807, 2.05) is 25.1 Å². The second kappa shape index (κ2) is 6.06. The van der Waals surface area contributed by atoms with Crippen LogP contribution in [0.25, 0.3) is 0 Å². The van der Waals surface area contributed by atoms with Crippen molar-refractivity contribution in [2.45, 2.75) is 32.2 Å². The molecule has 0 radical (unpaired) electrons. The number of amides is 1. The Hall–Kier alpha value is -1.55. The molecule has 4 heteroatoms. The topological polar surface area (TPSA) is 58.4 Å². The molecule has 1 unspecified atom stereocenters. The molecule has 2 rings (SSSR count). The zero-order valence-corrected chi connectivity index (χ0v) is 11.8. The highest BCUT2D eigenvalue weighted by Crippen LogP contribution is 2.16. The highest BCUT2D eigenvalue weighted by molar-refractivity contribution is 5.96. The molecular formula is C15H23N3O. The average Bonchev–Trinajstić information content (AvgIpc) is 2.40. The second-order valence-corrected chi connectivity index (χ2v) is 5.36. The predicted octanol–water partition coefficient (Wildman–Crippen LogP) is 1.79. The van der Waals surface area contributed by atoms with Crippen molar-refractivity contribution >= 4 is 11.6 Å². The first-order valence-corrected chi connectivity index (χ1v) is 6.93. The fraction of sp³-hybridized carbons (Fsp3) is 0.533. The molecule has 1 saturated heterocycles. The van der Waals surface area contributed by atoms with Crippen molar-refractivity contribution in [2.75, 3.05) is 25.9 Å². The number of nitrogens with zero attached hydrogens (tertiary/aromatic N) is 1. The number of likely N-dealkylation sites (N-methyl/N-ethyl adjacent to an activating group) is 1. The minimum Gasteiger partial charge on any atom is -0.398 e. The third-order valence-corrected chi connectivity index (χ3v) is 4.04. The molecule has 104 valence electrons. The molecule has 1 aromatic rings. The van der Waals surface area contributed by atoms with E-state index in [-0.39, 0.29) is 5.91 Å². The van der Waals surface area contributed by atoms with E-state index in [4.69, 9.17) is 5.73 Å². The number of hydrogen-bond acceptors (Lipinski definition) is 3. The number of nitrogens with two attached hydrogens (primary N) is 1. The summed E-state index contributed by atoms with van der Waals surface area (Å²) in [5.74, 6) is -0.0243. The standard InChI is InChI=1S/C15H23N3O/c1-11-13(7-5-8-14(11)16)15(19)17-10-12-6-3-4-9-18(12)2/h5,7-8,12H,3-4,6,9-10,16H2,1-2H3,(H,17,19). The number of carbonyl (C=O) groups is 1. The first-order chi connectivity index (χ1) is 9.09. The van der Waals surface area contributed by atoms with Gasteiger partial charge >= 0.3 is 0 Å². The number of nitrogen functional groups attached to an aromatic ring is 1. The molecule has 0 aromatic heterocycles. The number of hydrogen-bond donors (Lipinski definition) is 2. The van der Waals surface area contributed by atoms with E-state index in [1.54, 1.807) is 0 Å². The van der Waals surface area contributed by atoms with E-state index in [9.17, 15) is 4.79 Å². The zero-order valence-electron chi connectivity index (χ0n) is 11.8. The summed E-state index contributed by atoms with van der Waals surface area (Å²) in [6, 6.07) is 5.93. The van der Waals surface area contributed by atoms with Crippen LogP contribution in [0.5, 0.6) is 0 Å². The lowest BCUT2D eigenvalue weighted by atomic mass is 10.0. The van der Waals surface area contributed by atoms with E-state index >= 15 is 0 Å². The summed E-state index contributed by atoms with van der Waals surface area (Å²) in [4.78, 5) is 14.5. The Balaban J connectivity index is 1.95. The summed E-state index contributed by atoms with van der Waals surface area (Å²) in [6.07, 6.45) is 3.67. The van der Waals surface area contributed by atoms with Crippen LogP contribution in [0.15, 0.2) is 18.2 Å². The van der Waals surface area contributed by atoms with Crippen molar-refractivity contribution in [3.05, 3.63) is 29.3 Å². The van der Waals surface area contributed by atoms with Crippen LogP contribution in [-0.2, 0) is 0 Å². The van der Waals surface area contributed by atoms with Gasteiger partial charge < -0.3 is 16.0 Å². The monoisotopic (exact) mass is 261 g/mol. The molecule has 4 nitrogen and oxygen atoms in total. The van der Waals surface area contributed by atoms with Gasteiger partial charge in [0, 0.05) is 23.8 Å². The van der Waals surface area contributed by atoms with Gasteiger partial charge in [-0.05, 0) is 51.1 Å². The van der Waals surface area contributed by atoms with Gasteiger partial charge in [0.2, 0.25) is 0 Å². The van der Waals surface area contributed by atoms with Gasteiger partial charge in [-0.2, -0.15) is 0 Å². The number of nitrogens with one attached hydrogen (secondary N) is 1. The van der Waals surface area contributed by atoms with Gasteiger partial charge in [-0.15, -0.1) is 0 Å². The van der Waals surface area contributed by atoms with Crippen LogP contribution in [0, 0.1) is 6.92 Å². The largest absolute Gasteiger partial charge is 0.398 e. The van der Waals surface area contributed by atoms with Crippen LogP contribution in [0.1, 0.15) is 35.2 Å². The predicted molar refractivity (Wildman–Crippen MR) is 78.2 cm³/mol. The molecule has 1 aromatic carbocycles. The third-order valence-electron chi connectivity index (χ3n) is 4.04. The summed E-state index contributed by atoms with van der Waals surface area (Å²) < 4.78 is 0. The van der Waals surface area contributed by atoms with Crippen molar-refractivity contribution < 1.29 is 4.79 Å². The summed E-state index contributed by atoms with van der Waals surface area (Å²) in [5.41, 5.74) is 8.04. The second-order valence-electron chi connectivity index (χ2n) is 5.36. The molecule has 1 fully saturated rings. The maximum Gasteiger partial charge on any atom is 0.251 e. The lowest BCUT2D eigenvalue weighted by Crippen LogP contribution is -2.44. The summed E-state index contributed by atoms with van der Waals surface area (Å²) in [7, 11) is 2.13. The van der Waals surface area contributed by atoms with Crippen LogP contribution in [0.2, 0.25) is 0 Å². The normalized spacial score (nSPS) is 20.2. The molecule has 1 atom stereocenters. The highest BCUT2D eigenvalue weighted by atomic mass is 16.1. The van der Waals surface area contributed by atoms with Crippen molar-refractivity contribution in [3.8, 4) is 0 Å². The Morgan fingerprint density at radius 2 is 2.26 bits per heavy atom. The Morgan fingerprint density at radius 1 is 1.47 bits per heavy atom. The van der Waals surface area contributed by atoms with Crippen LogP contribution in [-0.4, -0.2) is 37.0 Å². The number of carbonyl (C=O) groups excluding carboxylic acids is 1.